The van der Waals surface area contributed by atoms with Crippen LogP contribution in [0.2, 0.25) is 0 Å². The number of halogens is 1. The van der Waals surface area contributed by atoms with E-state index in [1.165, 1.54) is 23.9 Å². The molecule has 1 aromatic carbocycles. The first-order valence-corrected chi connectivity index (χ1v) is 8.76. The minimum Gasteiger partial charge on any atom is -0.350 e. The topological polar surface area (TPSA) is 61.0 Å². The highest BCUT2D eigenvalue weighted by molar-refractivity contribution is 7.07. The Balaban J connectivity index is 1.74. The van der Waals surface area contributed by atoms with Gasteiger partial charge in [0.2, 0.25) is 0 Å². The molecule has 7 heteroatoms. The SMILES string of the molecule is CN(C)C(CNC(=O)c1cn[nH]c1-c1ccc(F)cc1)c1ccsc1. The minimum absolute atomic E-state index is 0.0939. The van der Waals surface area contributed by atoms with Gasteiger partial charge >= 0.3 is 0 Å². The molecule has 25 heavy (non-hydrogen) atoms. The number of thiophene rings is 1. The molecular weight excluding hydrogens is 339 g/mol. The summed E-state index contributed by atoms with van der Waals surface area (Å²) >= 11 is 1.63. The number of carbonyl (C=O) groups excluding carboxylic acids is 1. The molecule has 0 aliphatic rings. The summed E-state index contributed by atoms with van der Waals surface area (Å²) in [6.45, 7) is 0.483. The van der Waals surface area contributed by atoms with E-state index in [2.05, 4.69) is 31.9 Å². The van der Waals surface area contributed by atoms with Crippen LogP contribution < -0.4 is 5.32 Å². The molecule has 3 rings (SSSR count). The second-order valence-electron chi connectivity index (χ2n) is 5.91. The molecule has 1 atom stereocenters. The van der Waals surface area contributed by atoms with E-state index in [-0.39, 0.29) is 17.8 Å². The van der Waals surface area contributed by atoms with E-state index in [0.29, 0.717) is 23.4 Å². The smallest absolute Gasteiger partial charge is 0.255 e. The molecule has 0 aliphatic heterocycles. The summed E-state index contributed by atoms with van der Waals surface area (Å²) < 4.78 is 13.1. The first-order chi connectivity index (χ1) is 12.1. The van der Waals surface area contributed by atoms with Gasteiger partial charge in [-0.1, -0.05) is 0 Å². The van der Waals surface area contributed by atoms with Crippen molar-refractivity contribution in [2.45, 2.75) is 6.04 Å². The molecule has 0 bridgehead atoms. The lowest BCUT2D eigenvalue weighted by Gasteiger charge is -2.24. The maximum atomic E-state index is 13.1. The molecule has 130 valence electrons. The summed E-state index contributed by atoms with van der Waals surface area (Å²) in [5.74, 6) is -0.533. The van der Waals surface area contributed by atoms with Crippen molar-refractivity contribution in [3.8, 4) is 11.3 Å². The van der Waals surface area contributed by atoms with Crippen molar-refractivity contribution in [1.29, 1.82) is 0 Å². The van der Waals surface area contributed by atoms with Gasteiger partial charge in [0.05, 0.1) is 23.5 Å². The monoisotopic (exact) mass is 358 g/mol. The third-order valence-corrected chi connectivity index (χ3v) is 4.73. The predicted molar refractivity (Wildman–Crippen MR) is 97.1 cm³/mol. The summed E-state index contributed by atoms with van der Waals surface area (Å²) in [6.07, 6.45) is 1.49. The maximum Gasteiger partial charge on any atom is 0.255 e. The van der Waals surface area contributed by atoms with E-state index in [0.717, 1.165) is 0 Å². The molecule has 2 aromatic heterocycles. The van der Waals surface area contributed by atoms with Crippen LogP contribution in [0.5, 0.6) is 0 Å². The molecule has 1 unspecified atom stereocenters. The zero-order valence-electron chi connectivity index (χ0n) is 14.0. The molecule has 3 aromatic rings. The number of aromatic amines is 1. The van der Waals surface area contributed by atoms with Gasteiger partial charge in [0, 0.05) is 12.1 Å². The van der Waals surface area contributed by atoms with Crippen molar-refractivity contribution in [3.05, 3.63) is 64.2 Å². The van der Waals surface area contributed by atoms with E-state index in [9.17, 15) is 9.18 Å². The van der Waals surface area contributed by atoms with Gasteiger partial charge in [0.15, 0.2) is 0 Å². The van der Waals surface area contributed by atoms with Gasteiger partial charge in [0.25, 0.3) is 5.91 Å². The summed E-state index contributed by atoms with van der Waals surface area (Å²) in [5, 5.41) is 13.9. The number of hydrogen-bond acceptors (Lipinski definition) is 4. The third-order valence-electron chi connectivity index (χ3n) is 4.02. The molecule has 0 radical (unpaired) electrons. The number of amides is 1. The van der Waals surface area contributed by atoms with Crippen LogP contribution in [0.15, 0.2) is 47.3 Å². The van der Waals surface area contributed by atoms with Gasteiger partial charge < -0.3 is 10.2 Å². The van der Waals surface area contributed by atoms with Gasteiger partial charge in [-0.2, -0.15) is 16.4 Å². The average molecular weight is 358 g/mol. The Morgan fingerprint density at radius 1 is 1.32 bits per heavy atom. The summed E-state index contributed by atoms with van der Waals surface area (Å²) in [6, 6.07) is 8.11. The Morgan fingerprint density at radius 2 is 2.08 bits per heavy atom. The van der Waals surface area contributed by atoms with Gasteiger partial charge in [-0.3, -0.25) is 9.89 Å². The van der Waals surface area contributed by atoms with Gasteiger partial charge in [-0.05, 0) is 60.8 Å². The second kappa shape index (κ2) is 7.58. The van der Waals surface area contributed by atoms with Crippen LogP contribution in [0.1, 0.15) is 22.0 Å². The van der Waals surface area contributed by atoms with Crippen LogP contribution >= 0.6 is 11.3 Å². The number of likely N-dealkylation sites (N-methyl/N-ethyl adjacent to an activating group) is 1. The summed E-state index contributed by atoms with van der Waals surface area (Å²) in [5.41, 5.74) is 2.90. The van der Waals surface area contributed by atoms with Gasteiger partial charge in [-0.25, -0.2) is 4.39 Å². The Labute approximate surface area is 149 Å². The minimum atomic E-state index is -0.321. The largest absolute Gasteiger partial charge is 0.350 e. The molecule has 0 aliphatic carbocycles. The fourth-order valence-corrected chi connectivity index (χ4v) is 3.35. The van der Waals surface area contributed by atoms with Crippen LogP contribution in [0, 0.1) is 5.82 Å². The van der Waals surface area contributed by atoms with Crippen molar-refractivity contribution < 1.29 is 9.18 Å². The Hall–Kier alpha value is -2.51. The molecular formula is C18H19FN4OS. The number of H-pyrrole nitrogens is 1. The number of hydrogen-bond donors (Lipinski definition) is 2. The average Bonchev–Trinajstić information content (AvgIpc) is 3.27. The lowest BCUT2D eigenvalue weighted by Crippen LogP contribution is -2.34. The van der Waals surface area contributed by atoms with Crippen LogP contribution in [-0.2, 0) is 0 Å². The molecule has 5 nitrogen and oxygen atoms in total. The highest BCUT2D eigenvalue weighted by atomic mass is 32.1. The Bertz CT molecular complexity index is 827. The van der Waals surface area contributed by atoms with Crippen LogP contribution in [-0.4, -0.2) is 41.6 Å². The third kappa shape index (κ3) is 3.94. The van der Waals surface area contributed by atoms with E-state index in [1.54, 1.807) is 23.5 Å². The molecule has 0 spiro atoms. The molecule has 0 fully saturated rings. The number of nitrogens with zero attached hydrogens (tertiary/aromatic N) is 2. The van der Waals surface area contributed by atoms with Gasteiger partial charge in [-0.15, -0.1) is 0 Å². The normalized spacial score (nSPS) is 12.3. The fourth-order valence-electron chi connectivity index (χ4n) is 2.64. The van der Waals surface area contributed by atoms with Crippen molar-refractivity contribution >= 4 is 17.2 Å². The number of benzene rings is 1. The predicted octanol–water partition coefficient (Wildman–Crippen LogP) is 3.31. The molecule has 1 amide bonds. The van der Waals surface area contributed by atoms with E-state index in [4.69, 9.17) is 0 Å². The molecule has 2 N–H and O–H groups in total. The van der Waals surface area contributed by atoms with E-state index in [1.807, 2.05) is 19.5 Å². The maximum absolute atomic E-state index is 13.1. The van der Waals surface area contributed by atoms with E-state index >= 15 is 0 Å². The first kappa shape index (κ1) is 17.3. The van der Waals surface area contributed by atoms with E-state index < -0.39 is 0 Å². The Morgan fingerprint density at radius 3 is 2.72 bits per heavy atom. The second-order valence-corrected chi connectivity index (χ2v) is 6.69. The molecule has 2 heterocycles. The van der Waals surface area contributed by atoms with Crippen molar-refractivity contribution in [2.24, 2.45) is 0 Å². The highest BCUT2D eigenvalue weighted by Gasteiger charge is 2.19. The summed E-state index contributed by atoms with van der Waals surface area (Å²) in [7, 11) is 3.96. The Kier molecular flexibility index (Phi) is 5.25. The molecule has 0 saturated carbocycles. The van der Waals surface area contributed by atoms with Crippen molar-refractivity contribution in [3.63, 3.8) is 0 Å². The number of aromatic nitrogens is 2. The number of nitrogens with one attached hydrogen (secondary N) is 2. The van der Waals surface area contributed by atoms with Crippen LogP contribution in [0.3, 0.4) is 0 Å². The highest BCUT2D eigenvalue weighted by Crippen LogP contribution is 2.23. The lowest BCUT2D eigenvalue weighted by atomic mass is 10.1. The van der Waals surface area contributed by atoms with Crippen LogP contribution in [0.25, 0.3) is 11.3 Å². The molecule has 0 saturated heterocycles. The zero-order valence-corrected chi connectivity index (χ0v) is 14.8. The zero-order chi connectivity index (χ0) is 17.8. The fraction of sp³-hybridized carbons (Fsp3) is 0.222. The lowest BCUT2D eigenvalue weighted by molar-refractivity contribution is 0.0942. The quantitative estimate of drug-likeness (QED) is 0.711. The first-order valence-electron chi connectivity index (χ1n) is 7.82. The van der Waals surface area contributed by atoms with Crippen LogP contribution in [0.4, 0.5) is 4.39 Å². The summed E-state index contributed by atoms with van der Waals surface area (Å²) in [4.78, 5) is 14.7. The van der Waals surface area contributed by atoms with Crippen molar-refractivity contribution in [1.82, 2.24) is 20.4 Å². The number of carbonyl (C=O) groups is 1. The van der Waals surface area contributed by atoms with Gasteiger partial charge in [0.1, 0.15) is 5.82 Å². The standard InChI is InChI=1S/C18H19FN4OS/c1-23(2)16(13-7-8-25-11-13)10-20-18(24)15-9-21-22-17(15)12-3-5-14(19)6-4-12/h3-9,11,16H,10H2,1-2H3,(H,20,24)(H,21,22). The number of rotatable bonds is 6. The van der Waals surface area contributed by atoms with Crippen molar-refractivity contribution in [2.75, 3.05) is 20.6 Å².